The lowest BCUT2D eigenvalue weighted by molar-refractivity contribution is 0.224. The molecule has 0 spiro atoms. The van der Waals surface area contributed by atoms with Crippen molar-refractivity contribution in [3.63, 3.8) is 0 Å². The molecule has 3 aromatic rings. The summed E-state index contributed by atoms with van der Waals surface area (Å²) in [6.07, 6.45) is 1.57. The van der Waals surface area contributed by atoms with Crippen molar-refractivity contribution in [2.75, 3.05) is 12.8 Å². The Balaban J connectivity index is 1.59. The van der Waals surface area contributed by atoms with E-state index in [-0.39, 0.29) is 10.7 Å². The van der Waals surface area contributed by atoms with Gasteiger partial charge >= 0.3 is 0 Å². The van der Waals surface area contributed by atoms with Gasteiger partial charge in [0, 0.05) is 31.2 Å². The fraction of sp³-hybridized carbons (Fsp3) is 0.294. The average molecular weight is 359 g/mol. The van der Waals surface area contributed by atoms with Gasteiger partial charge in [-0.15, -0.1) is 0 Å². The third-order valence-electron chi connectivity index (χ3n) is 4.33. The molecule has 0 bridgehead atoms. The molecular formula is C17H17N3O4S. The Morgan fingerprint density at radius 3 is 2.88 bits per heavy atom. The second-order valence-electron chi connectivity index (χ2n) is 6.28. The summed E-state index contributed by atoms with van der Waals surface area (Å²) in [6, 6.07) is 9.81. The number of H-pyrrole nitrogens is 1. The van der Waals surface area contributed by atoms with Gasteiger partial charge in [-0.25, -0.2) is 13.4 Å². The predicted molar refractivity (Wildman–Crippen MR) is 92.0 cm³/mol. The van der Waals surface area contributed by atoms with Crippen molar-refractivity contribution in [3.8, 4) is 0 Å². The summed E-state index contributed by atoms with van der Waals surface area (Å²) in [5, 5.41) is 0.786. The Kier molecular flexibility index (Phi) is 3.73. The first-order chi connectivity index (χ1) is 11.9. The summed E-state index contributed by atoms with van der Waals surface area (Å²) in [4.78, 5) is 20.9. The lowest BCUT2D eigenvalue weighted by Gasteiger charge is -2.26. The van der Waals surface area contributed by atoms with Crippen molar-refractivity contribution < 1.29 is 12.8 Å². The van der Waals surface area contributed by atoms with Crippen LogP contribution in [0.5, 0.6) is 0 Å². The molecule has 2 aromatic heterocycles. The topological polar surface area (TPSA) is 96.3 Å². The van der Waals surface area contributed by atoms with E-state index in [1.807, 2.05) is 30.3 Å². The zero-order valence-corrected chi connectivity index (χ0v) is 14.5. The smallest absolute Gasteiger partial charge is 0.256 e. The van der Waals surface area contributed by atoms with E-state index in [1.165, 1.54) is 0 Å². The lowest BCUT2D eigenvalue weighted by Crippen LogP contribution is -2.36. The number of furan rings is 1. The van der Waals surface area contributed by atoms with E-state index in [0.717, 1.165) is 23.0 Å². The number of fused-ring (bicyclic) bond motifs is 2. The minimum absolute atomic E-state index is 0.262. The van der Waals surface area contributed by atoms with Crippen LogP contribution in [0.25, 0.3) is 11.0 Å². The third kappa shape index (κ3) is 3.10. The fourth-order valence-corrected chi connectivity index (χ4v) is 3.66. The number of aromatic nitrogens is 2. The molecule has 130 valence electrons. The van der Waals surface area contributed by atoms with Gasteiger partial charge in [0.15, 0.2) is 0 Å². The second kappa shape index (κ2) is 5.82. The molecule has 8 heteroatoms. The highest BCUT2D eigenvalue weighted by Crippen LogP contribution is 2.22. The number of para-hydroxylation sites is 1. The minimum Gasteiger partial charge on any atom is -0.460 e. The van der Waals surface area contributed by atoms with Gasteiger partial charge in [-0.2, -0.15) is 0 Å². The molecule has 25 heavy (non-hydrogen) atoms. The number of aromatic amines is 1. The van der Waals surface area contributed by atoms with Crippen LogP contribution in [0.4, 0.5) is 0 Å². The van der Waals surface area contributed by atoms with E-state index >= 15 is 0 Å². The zero-order chi connectivity index (χ0) is 17.6. The van der Waals surface area contributed by atoms with Gasteiger partial charge in [-0.05, 0) is 12.1 Å². The molecule has 0 saturated carbocycles. The number of nitrogens with one attached hydrogen (secondary N) is 1. The van der Waals surface area contributed by atoms with Crippen LogP contribution < -0.4 is 5.56 Å². The standard InChI is InChI=1S/C17H17N3O4S/c1-25(22,23)17-18-14-6-7-20(10-13(14)16(21)19-17)9-12-8-11-4-2-3-5-15(11)24-12/h2-5,8H,6-7,9-10H2,1H3,(H,18,19,21). The normalized spacial score (nSPS) is 15.4. The van der Waals surface area contributed by atoms with Crippen LogP contribution in [-0.4, -0.2) is 36.1 Å². The highest BCUT2D eigenvalue weighted by molar-refractivity contribution is 7.90. The lowest BCUT2D eigenvalue weighted by atomic mass is 10.1. The summed E-state index contributed by atoms with van der Waals surface area (Å²) >= 11 is 0. The van der Waals surface area contributed by atoms with E-state index in [2.05, 4.69) is 14.9 Å². The molecule has 0 saturated heterocycles. The van der Waals surface area contributed by atoms with Crippen LogP contribution >= 0.6 is 0 Å². The molecule has 0 radical (unpaired) electrons. The van der Waals surface area contributed by atoms with Crippen molar-refractivity contribution >= 4 is 20.8 Å². The maximum absolute atomic E-state index is 12.3. The second-order valence-corrected chi connectivity index (χ2v) is 8.21. The Hall–Kier alpha value is -2.45. The van der Waals surface area contributed by atoms with E-state index in [4.69, 9.17) is 4.42 Å². The molecule has 1 N–H and O–H groups in total. The highest BCUT2D eigenvalue weighted by atomic mass is 32.2. The molecular weight excluding hydrogens is 342 g/mol. The summed E-state index contributed by atoms with van der Waals surface area (Å²) in [6.45, 7) is 1.68. The van der Waals surface area contributed by atoms with Gasteiger partial charge in [0.1, 0.15) is 11.3 Å². The van der Waals surface area contributed by atoms with Crippen LogP contribution in [0.1, 0.15) is 17.0 Å². The number of hydrogen-bond acceptors (Lipinski definition) is 6. The molecule has 3 heterocycles. The molecule has 0 atom stereocenters. The summed E-state index contributed by atoms with van der Waals surface area (Å²) in [5.74, 6) is 0.835. The van der Waals surface area contributed by atoms with Crippen molar-refractivity contribution in [1.29, 1.82) is 0 Å². The maximum Gasteiger partial charge on any atom is 0.256 e. The minimum atomic E-state index is -3.53. The van der Waals surface area contributed by atoms with Gasteiger partial charge in [0.2, 0.25) is 15.0 Å². The van der Waals surface area contributed by atoms with E-state index < -0.39 is 9.84 Å². The molecule has 1 aliphatic rings. The largest absolute Gasteiger partial charge is 0.460 e. The monoisotopic (exact) mass is 359 g/mol. The fourth-order valence-electron chi connectivity index (χ4n) is 3.10. The molecule has 0 amide bonds. The van der Waals surface area contributed by atoms with Crippen LogP contribution in [0, 0.1) is 0 Å². The van der Waals surface area contributed by atoms with Crippen molar-refractivity contribution in [1.82, 2.24) is 14.9 Å². The molecule has 4 rings (SSSR count). The molecule has 1 aromatic carbocycles. The van der Waals surface area contributed by atoms with Crippen LogP contribution in [0.15, 0.2) is 44.7 Å². The zero-order valence-electron chi connectivity index (χ0n) is 13.7. The van der Waals surface area contributed by atoms with Gasteiger partial charge < -0.3 is 4.42 Å². The van der Waals surface area contributed by atoms with Gasteiger partial charge in [0.25, 0.3) is 5.56 Å². The molecule has 7 nitrogen and oxygen atoms in total. The first-order valence-electron chi connectivity index (χ1n) is 7.92. The number of benzene rings is 1. The molecule has 1 aliphatic heterocycles. The Bertz CT molecular complexity index is 1080. The van der Waals surface area contributed by atoms with Gasteiger partial charge in [0.05, 0.1) is 17.8 Å². The SMILES string of the molecule is CS(=O)(=O)c1nc2c(c(=O)[nH]1)CN(Cc1cc3ccccc3o1)CC2. The van der Waals surface area contributed by atoms with Crippen molar-refractivity contribution in [2.24, 2.45) is 0 Å². The maximum atomic E-state index is 12.3. The first kappa shape index (κ1) is 16.0. The molecule has 0 fully saturated rings. The number of hydrogen-bond donors (Lipinski definition) is 1. The number of sulfone groups is 1. The Morgan fingerprint density at radius 2 is 2.12 bits per heavy atom. The van der Waals surface area contributed by atoms with Crippen LogP contribution in [-0.2, 0) is 29.3 Å². The van der Waals surface area contributed by atoms with Gasteiger partial charge in [-0.3, -0.25) is 14.7 Å². The summed E-state index contributed by atoms with van der Waals surface area (Å²) in [5.41, 5.74) is 1.53. The van der Waals surface area contributed by atoms with E-state index in [1.54, 1.807) is 0 Å². The average Bonchev–Trinajstić information content (AvgIpc) is 2.96. The predicted octanol–water partition coefficient (Wildman–Crippen LogP) is 1.48. The summed E-state index contributed by atoms with van der Waals surface area (Å²) in [7, 11) is -3.53. The van der Waals surface area contributed by atoms with Crippen LogP contribution in [0.3, 0.4) is 0 Å². The van der Waals surface area contributed by atoms with E-state index in [9.17, 15) is 13.2 Å². The quantitative estimate of drug-likeness (QED) is 0.712. The van der Waals surface area contributed by atoms with E-state index in [0.29, 0.717) is 37.3 Å². The molecule has 0 aliphatic carbocycles. The summed E-state index contributed by atoms with van der Waals surface area (Å²) < 4.78 is 29.0. The van der Waals surface area contributed by atoms with Crippen molar-refractivity contribution in [2.45, 2.75) is 24.7 Å². The Morgan fingerprint density at radius 1 is 1.32 bits per heavy atom. The van der Waals surface area contributed by atoms with Crippen LogP contribution in [0.2, 0.25) is 0 Å². The third-order valence-corrected chi connectivity index (χ3v) is 5.23. The number of rotatable bonds is 3. The molecule has 0 unspecified atom stereocenters. The number of nitrogens with zero attached hydrogens (tertiary/aromatic N) is 2. The van der Waals surface area contributed by atoms with Crippen molar-refractivity contribution in [3.05, 3.63) is 57.7 Å². The highest BCUT2D eigenvalue weighted by Gasteiger charge is 2.24. The first-order valence-corrected chi connectivity index (χ1v) is 9.81. The van der Waals surface area contributed by atoms with Gasteiger partial charge in [-0.1, -0.05) is 18.2 Å². The Labute approximate surface area is 144 Å².